The van der Waals surface area contributed by atoms with Crippen molar-refractivity contribution in [3.05, 3.63) is 29.8 Å². The second kappa shape index (κ2) is 8.24. The topological polar surface area (TPSA) is 49.9 Å². The van der Waals surface area contributed by atoms with Crippen molar-refractivity contribution in [3.63, 3.8) is 0 Å². The van der Waals surface area contributed by atoms with Gasteiger partial charge in [-0.2, -0.15) is 0 Å². The summed E-state index contributed by atoms with van der Waals surface area (Å²) in [5.41, 5.74) is 1.01. The van der Waals surface area contributed by atoms with Crippen LogP contribution in [0.5, 0.6) is 5.75 Å². The molecule has 5 nitrogen and oxygen atoms in total. The molecule has 2 amide bonds. The van der Waals surface area contributed by atoms with Gasteiger partial charge < -0.3 is 14.5 Å². The zero-order valence-electron chi connectivity index (χ0n) is 13.9. The second-order valence-electron chi connectivity index (χ2n) is 5.68. The van der Waals surface area contributed by atoms with Gasteiger partial charge in [0.15, 0.2) is 0 Å². The summed E-state index contributed by atoms with van der Waals surface area (Å²) < 4.78 is 5.21. The molecular formula is C17H24N2O3S. The lowest BCUT2D eigenvalue weighted by molar-refractivity contribution is -0.142. The van der Waals surface area contributed by atoms with E-state index < -0.39 is 0 Å². The van der Waals surface area contributed by atoms with E-state index >= 15 is 0 Å². The molecule has 0 unspecified atom stereocenters. The maximum atomic E-state index is 12.7. The van der Waals surface area contributed by atoms with Crippen molar-refractivity contribution in [2.24, 2.45) is 0 Å². The van der Waals surface area contributed by atoms with Gasteiger partial charge >= 0.3 is 0 Å². The summed E-state index contributed by atoms with van der Waals surface area (Å²) in [6.07, 6.45) is 1.31. The lowest BCUT2D eigenvalue weighted by Crippen LogP contribution is -2.47. The third-order valence-corrected chi connectivity index (χ3v) is 4.89. The van der Waals surface area contributed by atoms with Crippen LogP contribution in [0.3, 0.4) is 0 Å². The van der Waals surface area contributed by atoms with Crippen LogP contribution >= 0.6 is 11.8 Å². The summed E-state index contributed by atoms with van der Waals surface area (Å²) in [6.45, 7) is 2.49. The second-order valence-corrected chi connectivity index (χ2v) is 6.67. The first kappa shape index (κ1) is 17.7. The Morgan fingerprint density at radius 2 is 2.22 bits per heavy atom. The summed E-state index contributed by atoms with van der Waals surface area (Å²) in [5.74, 6) is 2.14. The molecule has 2 rings (SSSR count). The summed E-state index contributed by atoms with van der Waals surface area (Å²) in [6, 6.07) is 7.34. The number of carbonyl (C=O) groups is 2. The summed E-state index contributed by atoms with van der Waals surface area (Å²) in [5, 5.41) is 0. The number of carbonyl (C=O) groups excluding carboxylic acids is 2. The molecule has 0 aromatic heterocycles. The van der Waals surface area contributed by atoms with Gasteiger partial charge in [0.25, 0.3) is 0 Å². The number of thioether (sulfide) groups is 1. The normalized spacial score (nSPS) is 17.2. The third-order valence-electron chi connectivity index (χ3n) is 3.88. The fourth-order valence-corrected chi connectivity index (χ4v) is 3.80. The molecule has 1 atom stereocenters. The number of nitrogens with zero attached hydrogens (tertiary/aromatic N) is 2. The van der Waals surface area contributed by atoms with Crippen LogP contribution in [0.15, 0.2) is 24.3 Å². The number of likely N-dealkylation sites (N-methyl/N-ethyl adjacent to an activating group) is 1. The minimum atomic E-state index is -0.338. The molecule has 0 spiro atoms. The number of benzene rings is 1. The maximum Gasteiger partial charge on any atom is 0.246 e. The molecule has 6 heteroatoms. The van der Waals surface area contributed by atoms with Gasteiger partial charge in [-0.05, 0) is 24.1 Å². The van der Waals surface area contributed by atoms with E-state index in [1.54, 1.807) is 35.7 Å². The molecule has 1 saturated heterocycles. The zero-order valence-corrected chi connectivity index (χ0v) is 14.8. The van der Waals surface area contributed by atoms with Crippen molar-refractivity contribution >= 4 is 23.6 Å². The summed E-state index contributed by atoms with van der Waals surface area (Å²) >= 11 is 1.64. The van der Waals surface area contributed by atoms with Crippen molar-refractivity contribution < 1.29 is 14.3 Å². The molecule has 1 aromatic rings. The van der Waals surface area contributed by atoms with E-state index in [2.05, 4.69) is 0 Å². The summed E-state index contributed by atoms with van der Waals surface area (Å²) in [4.78, 5) is 28.3. The Hall–Kier alpha value is -1.69. The van der Waals surface area contributed by atoms with Crippen molar-refractivity contribution in [2.75, 3.05) is 25.8 Å². The first-order valence-electron chi connectivity index (χ1n) is 7.82. The average molecular weight is 336 g/mol. The number of hydrogen-bond acceptors (Lipinski definition) is 4. The van der Waals surface area contributed by atoms with Crippen LogP contribution in [0, 0.1) is 0 Å². The SMILES string of the molecule is CCCC(=O)N1CSC[C@H]1C(=O)N(C)Cc1cccc(OC)c1. The molecule has 0 bridgehead atoms. The molecule has 1 heterocycles. The van der Waals surface area contributed by atoms with Gasteiger partial charge in [0.05, 0.1) is 13.0 Å². The van der Waals surface area contributed by atoms with Gasteiger partial charge in [0, 0.05) is 25.8 Å². The molecule has 0 aliphatic carbocycles. The lowest BCUT2D eigenvalue weighted by Gasteiger charge is -2.27. The van der Waals surface area contributed by atoms with Crippen LogP contribution in [-0.2, 0) is 16.1 Å². The van der Waals surface area contributed by atoms with Crippen molar-refractivity contribution in [1.29, 1.82) is 0 Å². The molecule has 1 aromatic carbocycles. The van der Waals surface area contributed by atoms with E-state index in [9.17, 15) is 9.59 Å². The highest BCUT2D eigenvalue weighted by Gasteiger charge is 2.35. The van der Waals surface area contributed by atoms with E-state index in [1.165, 1.54) is 0 Å². The molecule has 23 heavy (non-hydrogen) atoms. The van der Waals surface area contributed by atoms with E-state index in [0.717, 1.165) is 17.7 Å². The molecule has 1 aliphatic heterocycles. The molecule has 0 radical (unpaired) electrons. The fraction of sp³-hybridized carbons (Fsp3) is 0.529. The Morgan fingerprint density at radius 1 is 1.43 bits per heavy atom. The average Bonchev–Trinajstić information content (AvgIpc) is 3.04. The van der Waals surface area contributed by atoms with Gasteiger partial charge in [-0.3, -0.25) is 9.59 Å². The van der Waals surface area contributed by atoms with Crippen molar-refractivity contribution in [1.82, 2.24) is 9.80 Å². The van der Waals surface area contributed by atoms with Crippen molar-refractivity contribution in [3.8, 4) is 5.75 Å². The fourth-order valence-electron chi connectivity index (χ4n) is 2.63. The van der Waals surface area contributed by atoms with Gasteiger partial charge in [0.2, 0.25) is 11.8 Å². The van der Waals surface area contributed by atoms with E-state index in [4.69, 9.17) is 4.74 Å². The first-order chi connectivity index (χ1) is 11.1. The number of ether oxygens (including phenoxy) is 1. The lowest BCUT2D eigenvalue weighted by atomic mass is 10.1. The van der Waals surface area contributed by atoms with E-state index in [-0.39, 0.29) is 17.9 Å². The quantitative estimate of drug-likeness (QED) is 0.800. The number of hydrogen-bond donors (Lipinski definition) is 0. The molecule has 1 fully saturated rings. The Morgan fingerprint density at radius 3 is 2.91 bits per heavy atom. The predicted molar refractivity (Wildman–Crippen MR) is 92.3 cm³/mol. The zero-order chi connectivity index (χ0) is 16.8. The minimum absolute atomic E-state index is 0.00210. The molecule has 0 N–H and O–H groups in total. The minimum Gasteiger partial charge on any atom is -0.497 e. The number of rotatable bonds is 6. The first-order valence-corrected chi connectivity index (χ1v) is 8.97. The monoisotopic (exact) mass is 336 g/mol. The van der Waals surface area contributed by atoms with Gasteiger partial charge in [0.1, 0.15) is 11.8 Å². The summed E-state index contributed by atoms with van der Waals surface area (Å²) in [7, 11) is 3.41. The maximum absolute atomic E-state index is 12.7. The Labute approximate surface area is 142 Å². The molecule has 1 aliphatic rings. The van der Waals surface area contributed by atoms with Crippen molar-refractivity contribution in [2.45, 2.75) is 32.4 Å². The van der Waals surface area contributed by atoms with E-state index in [1.807, 2.05) is 31.2 Å². The highest BCUT2D eigenvalue weighted by atomic mass is 32.2. The van der Waals surface area contributed by atoms with Crippen LogP contribution in [-0.4, -0.2) is 53.4 Å². The van der Waals surface area contributed by atoms with Crippen LogP contribution in [0.1, 0.15) is 25.3 Å². The molecule has 0 saturated carbocycles. The van der Waals surface area contributed by atoms with Gasteiger partial charge in [-0.15, -0.1) is 11.8 Å². The highest BCUT2D eigenvalue weighted by Crippen LogP contribution is 2.24. The van der Waals surface area contributed by atoms with E-state index in [0.29, 0.717) is 24.6 Å². The molecular weight excluding hydrogens is 312 g/mol. The standard InChI is InChI=1S/C17H24N2O3S/c1-4-6-16(20)19-12-23-11-15(19)17(21)18(2)10-13-7-5-8-14(9-13)22-3/h5,7-9,15H,4,6,10-12H2,1-3H3/t15-/m0/s1. The van der Waals surface area contributed by atoms with Crippen LogP contribution in [0.2, 0.25) is 0 Å². The molecule has 126 valence electrons. The Balaban J connectivity index is 2.02. The number of amides is 2. The third kappa shape index (κ3) is 4.41. The largest absolute Gasteiger partial charge is 0.497 e. The predicted octanol–water partition coefficient (Wildman–Crippen LogP) is 2.36. The van der Waals surface area contributed by atoms with Crippen LogP contribution in [0.25, 0.3) is 0 Å². The van der Waals surface area contributed by atoms with Gasteiger partial charge in [-0.25, -0.2) is 0 Å². The van der Waals surface area contributed by atoms with Crippen LogP contribution < -0.4 is 4.74 Å². The smallest absolute Gasteiger partial charge is 0.246 e. The number of methoxy groups -OCH3 is 1. The Kier molecular flexibility index (Phi) is 6.33. The van der Waals surface area contributed by atoms with Crippen LogP contribution in [0.4, 0.5) is 0 Å². The van der Waals surface area contributed by atoms with Gasteiger partial charge in [-0.1, -0.05) is 19.1 Å². The highest BCUT2D eigenvalue weighted by molar-refractivity contribution is 7.99. The Bertz CT molecular complexity index is 565.